The number of ether oxygens (including phenoxy) is 1. The van der Waals surface area contributed by atoms with Crippen molar-refractivity contribution in [3.05, 3.63) is 64.7 Å². The summed E-state index contributed by atoms with van der Waals surface area (Å²) in [5, 5.41) is 9.88. The van der Waals surface area contributed by atoms with E-state index in [0.29, 0.717) is 22.5 Å². The molecule has 8 heteroatoms. The largest absolute Gasteiger partial charge is 0.496 e. The number of benzene rings is 2. The number of nitrogens with one attached hydrogen (secondary N) is 1. The monoisotopic (exact) mass is 379 g/mol. The molecule has 0 unspecified atom stereocenters. The van der Waals surface area contributed by atoms with Gasteiger partial charge in [0.15, 0.2) is 11.0 Å². The highest BCUT2D eigenvalue weighted by Gasteiger charge is 2.15. The fourth-order valence-corrected chi connectivity index (χ4v) is 3.62. The van der Waals surface area contributed by atoms with Crippen LogP contribution in [0.5, 0.6) is 5.75 Å². The molecule has 4 rings (SSSR count). The van der Waals surface area contributed by atoms with E-state index in [4.69, 9.17) is 4.74 Å². The van der Waals surface area contributed by atoms with Gasteiger partial charge < -0.3 is 14.3 Å². The minimum atomic E-state index is -0.135. The lowest BCUT2D eigenvalue weighted by Gasteiger charge is -2.08. The molecule has 2 heterocycles. The van der Waals surface area contributed by atoms with Gasteiger partial charge in [0, 0.05) is 7.05 Å². The average molecular weight is 379 g/mol. The van der Waals surface area contributed by atoms with Crippen LogP contribution in [0.2, 0.25) is 0 Å². The Morgan fingerprint density at radius 1 is 1.11 bits per heavy atom. The number of aromatic amines is 1. The molecule has 0 amide bonds. The average Bonchev–Trinajstić information content (AvgIpc) is 3.06. The highest BCUT2D eigenvalue weighted by molar-refractivity contribution is 7.98. The molecule has 2 aromatic carbocycles. The Bertz CT molecular complexity index is 1170. The third kappa shape index (κ3) is 3.31. The summed E-state index contributed by atoms with van der Waals surface area (Å²) in [7, 11) is 3.53. The molecule has 4 aromatic rings. The topological polar surface area (TPSA) is 85.7 Å². The van der Waals surface area contributed by atoms with Crippen molar-refractivity contribution in [1.82, 2.24) is 24.7 Å². The number of hydrogen-bond acceptors (Lipinski definition) is 6. The zero-order valence-electron chi connectivity index (χ0n) is 14.8. The van der Waals surface area contributed by atoms with Gasteiger partial charge in [-0.3, -0.25) is 4.79 Å². The van der Waals surface area contributed by atoms with Crippen LogP contribution in [0.25, 0.3) is 22.3 Å². The highest BCUT2D eigenvalue weighted by Crippen LogP contribution is 2.30. The summed E-state index contributed by atoms with van der Waals surface area (Å²) in [6, 6.07) is 15.0. The van der Waals surface area contributed by atoms with Crippen molar-refractivity contribution in [1.29, 1.82) is 0 Å². The number of thioether (sulfide) groups is 1. The van der Waals surface area contributed by atoms with Crippen LogP contribution in [-0.4, -0.2) is 31.8 Å². The van der Waals surface area contributed by atoms with E-state index in [2.05, 4.69) is 20.2 Å². The number of H-pyrrole nitrogens is 1. The van der Waals surface area contributed by atoms with E-state index in [1.807, 2.05) is 54.1 Å². The van der Waals surface area contributed by atoms with Gasteiger partial charge in [0.1, 0.15) is 11.6 Å². The van der Waals surface area contributed by atoms with Gasteiger partial charge in [-0.1, -0.05) is 36.0 Å². The standard InChI is InChI=1S/C19H17N5O2S/c1-24-17(13-8-4-6-10-15(13)26-2)22-23-19(24)27-11-16-20-14-9-5-3-7-12(14)18(25)21-16/h3-10H,11H2,1-2H3,(H,20,21,25). The number of para-hydroxylation sites is 2. The minimum absolute atomic E-state index is 0.135. The predicted molar refractivity (Wildman–Crippen MR) is 105 cm³/mol. The second kappa shape index (κ2) is 7.24. The first-order chi connectivity index (χ1) is 13.2. The zero-order valence-corrected chi connectivity index (χ0v) is 15.7. The molecule has 0 saturated heterocycles. The van der Waals surface area contributed by atoms with E-state index in [0.717, 1.165) is 22.3 Å². The molecule has 2 aromatic heterocycles. The lowest BCUT2D eigenvalue weighted by Crippen LogP contribution is -2.11. The van der Waals surface area contributed by atoms with Crippen molar-refractivity contribution in [2.45, 2.75) is 10.9 Å². The summed E-state index contributed by atoms with van der Waals surface area (Å²) >= 11 is 1.46. The normalized spacial score (nSPS) is 11.0. The van der Waals surface area contributed by atoms with E-state index in [9.17, 15) is 4.79 Å². The number of rotatable bonds is 5. The van der Waals surface area contributed by atoms with Gasteiger partial charge >= 0.3 is 0 Å². The molecule has 1 N–H and O–H groups in total. The van der Waals surface area contributed by atoms with Crippen LogP contribution in [-0.2, 0) is 12.8 Å². The van der Waals surface area contributed by atoms with Gasteiger partial charge in [0.25, 0.3) is 5.56 Å². The molecule has 136 valence electrons. The number of hydrogen-bond donors (Lipinski definition) is 1. The van der Waals surface area contributed by atoms with Crippen molar-refractivity contribution in [3.8, 4) is 17.1 Å². The van der Waals surface area contributed by atoms with E-state index in [-0.39, 0.29) is 5.56 Å². The Kier molecular flexibility index (Phi) is 4.64. The van der Waals surface area contributed by atoms with Crippen molar-refractivity contribution in [2.24, 2.45) is 7.05 Å². The summed E-state index contributed by atoms with van der Waals surface area (Å²) in [5.41, 5.74) is 1.42. The summed E-state index contributed by atoms with van der Waals surface area (Å²) in [6.45, 7) is 0. The molecule has 7 nitrogen and oxygen atoms in total. The molecule has 0 aliphatic rings. The van der Waals surface area contributed by atoms with E-state index >= 15 is 0 Å². The summed E-state index contributed by atoms with van der Waals surface area (Å²) in [4.78, 5) is 19.5. The maximum absolute atomic E-state index is 12.2. The fourth-order valence-electron chi connectivity index (χ4n) is 2.84. The Labute approximate surface area is 159 Å². The van der Waals surface area contributed by atoms with Crippen LogP contribution in [0.3, 0.4) is 0 Å². The Balaban J connectivity index is 1.60. The summed E-state index contributed by atoms with van der Waals surface area (Å²) in [6.07, 6.45) is 0. The van der Waals surface area contributed by atoms with Crippen LogP contribution >= 0.6 is 11.8 Å². The molecule has 0 atom stereocenters. The molecule has 0 bridgehead atoms. The van der Waals surface area contributed by atoms with E-state index in [1.165, 1.54) is 11.8 Å². The maximum Gasteiger partial charge on any atom is 0.258 e. The van der Waals surface area contributed by atoms with Crippen molar-refractivity contribution in [3.63, 3.8) is 0 Å². The molecule has 0 spiro atoms. The summed E-state index contributed by atoms with van der Waals surface area (Å²) < 4.78 is 7.31. The molecule has 0 aliphatic carbocycles. The van der Waals surface area contributed by atoms with Gasteiger partial charge in [-0.15, -0.1) is 10.2 Å². The third-order valence-electron chi connectivity index (χ3n) is 4.18. The molecule has 0 radical (unpaired) electrons. The van der Waals surface area contributed by atoms with Crippen LogP contribution in [0, 0.1) is 0 Å². The summed E-state index contributed by atoms with van der Waals surface area (Å²) in [5.74, 6) is 2.54. The smallest absolute Gasteiger partial charge is 0.258 e. The Morgan fingerprint density at radius 3 is 2.74 bits per heavy atom. The number of nitrogens with zero attached hydrogens (tertiary/aromatic N) is 4. The Morgan fingerprint density at radius 2 is 1.89 bits per heavy atom. The highest BCUT2D eigenvalue weighted by atomic mass is 32.2. The molecule has 27 heavy (non-hydrogen) atoms. The van der Waals surface area contributed by atoms with Crippen LogP contribution in [0.4, 0.5) is 0 Å². The van der Waals surface area contributed by atoms with Gasteiger partial charge in [0.05, 0.1) is 29.3 Å². The zero-order chi connectivity index (χ0) is 18.8. The van der Waals surface area contributed by atoms with Gasteiger partial charge in [0.2, 0.25) is 0 Å². The van der Waals surface area contributed by atoms with Crippen molar-refractivity contribution < 1.29 is 4.74 Å². The van der Waals surface area contributed by atoms with Gasteiger partial charge in [-0.05, 0) is 24.3 Å². The maximum atomic E-state index is 12.2. The lowest BCUT2D eigenvalue weighted by atomic mass is 10.2. The molecule has 0 aliphatic heterocycles. The van der Waals surface area contributed by atoms with E-state index in [1.54, 1.807) is 13.2 Å². The van der Waals surface area contributed by atoms with Crippen LogP contribution in [0.1, 0.15) is 5.82 Å². The first-order valence-electron chi connectivity index (χ1n) is 8.31. The molecular formula is C19H17N5O2S. The molecular weight excluding hydrogens is 362 g/mol. The third-order valence-corrected chi connectivity index (χ3v) is 5.21. The van der Waals surface area contributed by atoms with Gasteiger partial charge in [-0.2, -0.15) is 0 Å². The lowest BCUT2D eigenvalue weighted by molar-refractivity contribution is 0.416. The Hall–Kier alpha value is -3.13. The number of methoxy groups -OCH3 is 1. The fraction of sp³-hybridized carbons (Fsp3) is 0.158. The second-order valence-electron chi connectivity index (χ2n) is 5.88. The number of aromatic nitrogens is 5. The van der Waals surface area contributed by atoms with Crippen LogP contribution < -0.4 is 10.3 Å². The quantitative estimate of drug-likeness (QED) is 0.537. The first-order valence-corrected chi connectivity index (χ1v) is 9.29. The molecule has 0 saturated carbocycles. The minimum Gasteiger partial charge on any atom is -0.496 e. The molecule has 0 fully saturated rings. The van der Waals surface area contributed by atoms with E-state index < -0.39 is 0 Å². The second-order valence-corrected chi connectivity index (χ2v) is 6.83. The van der Waals surface area contributed by atoms with Crippen molar-refractivity contribution >= 4 is 22.7 Å². The van der Waals surface area contributed by atoms with Crippen molar-refractivity contribution in [2.75, 3.05) is 7.11 Å². The van der Waals surface area contributed by atoms with Crippen LogP contribution in [0.15, 0.2) is 58.5 Å². The van der Waals surface area contributed by atoms with Gasteiger partial charge in [-0.25, -0.2) is 4.98 Å². The SMILES string of the molecule is COc1ccccc1-c1nnc(SCc2nc3ccccc3c(=O)[nH]2)n1C. The first kappa shape index (κ1) is 17.3. The number of fused-ring (bicyclic) bond motifs is 1. The predicted octanol–water partition coefficient (Wildman–Crippen LogP) is 3.02.